The zero-order valence-corrected chi connectivity index (χ0v) is 38.1. The summed E-state index contributed by atoms with van der Waals surface area (Å²) >= 11 is 0. The van der Waals surface area contributed by atoms with Gasteiger partial charge in [0.05, 0.1) is 25.2 Å². The van der Waals surface area contributed by atoms with Crippen LogP contribution in [0.5, 0.6) is 0 Å². The maximum absolute atomic E-state index is 13.7. The molecule has 0 rings (SSSR count). The molecule has 0 spiro atoms. The normalized spacial score (nSPS) is 16.3. The molecular formula is C41H75N9O11. The molecule has 0 unspecified atom stereocenters. The minimum Gasteiger partial charge on any atom is -0.480 e. The van der Waals surface area contributed by atoms with E-state index in [0.29, 0.717) is 19.3 Å². The molecule has 61 heavy (non-hydrogen) atoms. The quantitative estimate of drug-likeness (QED) is 0.0459. The van der Waals surface area contributed by atoms with Crippen molar-refractivity contribution in [2.24, 2.45) is 35.3 Å². The number of aliphatic hydroxyl groups excluding tert-OH is 1. The van der Waals surface area contributed by atoms with Crippen molar-refractivity contribution in [1.29, 1.82) is 0 Å². The van der Waals surface area contributed by atoms with Crippen LogP contribution in [-0.2, 0) is 43.2 Å². The van der Waals surface area contributed by atoms with Gasteiger partial charge in [0.15, 0.2) is 0 Å². The summed E-state index contributed by atoms with van der Waals surface area (Å²) in [5, 5.41) is 40.3. The molecule has 0 bridgehead atoms. The van der Waals surface area contributed by atoms with Gasteiger partial charge in [-0.25, -0.2) is 4.79 Å². The van der Waals surface area contributed by atoms with Crippen molar-refractivity contribution >= 4 is 53.2 Å². The van der Waals surface area contributed by atoms with E-state index in [2.05, 4.69) is 42.5 Å². The van der Waals surface area contributed by atoms with Crippen LogP contribution < -0.4 is 48.3 Å². The number of aliphatic hydroxyl groups is 1. The first-order valence-electron chi connectivity index (χ1n) is 21.3. The first kappa shape index (κ1) is 56.1. The molecule has 0 aliphatic carbocycles. The maximum atomic E-state index is 13.7. The van der Waals surface area contributed by atoms with Crippen LogP contribution in [0.15, 0.2) is 0 Å². The van der Waals surface area contributed by atoms with Gasteiger partial charge in [0.1, 0.15) is 30.2 Å². The topological polar surface area (TPSA) is 316 Å². The van der Waals surface area contributed by atoms with E-state index in [1.807, 2.05) is 27.7 Å². The molecule has 350 valence electrons. The van der Waals surface area contributed by atoms with Crippen LogP contribution >= 0.6 is 0 Å². The first-order chi connectivity index (χ1) is 28.2. The van der Waals surface area contributed by atoms with Gasteiger partial charge in [0.2, 0.25) is 47.3 Å². The van der Waals surface area contributed by atoms with E-state index in [0.717, 1.165) is 0 Å². The predicted molar refractivity (Wildman–Crippen MR) is 228 cm³/mol. The van der Waals surface area contributed by atoms with Crippen molar-refractivity contribution in [2.45, 2.75) is 164 Å². The summed E-state index contributed by atoms with van der Waals surface area (Å²) < 4.78 is 0. The first-order valence-corrected chi connectivity index (χ1v) is 21.3. The number of aliphatic carboxylic acids is 1. The number of amides is 8. The van der Waals surface area contributed by atoms with Gasteiger partial charge in [-0.2, -0.15) is 0 Å². The standard InChI is InChI=1S/C41H75N9O11/c1-13-23(9)27(45-31(53)19-44-37(56)28(15-20(3)4)46-36(55)25(11)42)17-30(52)43-18-32(54)48-34(24(10)14-2)39(58)47-29(16-21(5)6)38(57)50-35(26(12)51)40(59)49-33(22(7)8)41(60)61/h20-29,33-35,51H,13-19,42H2,1-12H3,(H,43,52)(H,44,56)(H,45,53)(H,46,55)(H,47,58)(H,48,54)(H,49,59)(H,50,57)(H,60,61)/t23-,24-,25-,26+,27+,28-,29-,33-,34-,35-/m0/s1. The third kappa shape index (κ3) is 21.5. The van der Waals surface area contributed by atoms with Gasteiger partial charge in [-0.15, -0.1) is 0 Å². The van der Waals surface area contributed by atoms with Crippen molar-refractivity contribution in [3.8, 4) is 0 Å². The molecule has 20 heteroatoms. The fourth-order valence-electron chi connectivity index (χ4n) is 5.99. The highest BCUT2D eigenvalue weighted by molar-refractivity contribution is 5.96. The number of carbonyl (C=O) groups excluding carboxylic acids is 8. The number of hydrogen-bond acceptors (Lipinski definition) is 11. The number of nitrogens with one attached hydrogen (secondary N) is 8. The largest absolute Gasteiger partial charge is 0.480 e. The summed E-state index contributed by atoms with van der Waals surface area (Å²) in [4.78, 5) is 116. The van der Waals surface area contributed by atoms with E-state index in [1.165, 1.54) is 13.8 Å². The minimum absolute atomic E-state index is 0.0534. The second-order valence-electron chi connectivity index (χ2n) is 17.2. The Labute approximate surface area is 360 Å². The molecule has 10 atom stereocenters. The molecule has 0 radical (unpaired) electrons. The lowest BCUT2D eigenvalue weighted by molar-refractivity contribution is -0.144. The molecule has 12 N–H and O–H groups in total. The summed E-state index contributed by atoms with van der Waals surface area (Å²) in [6, 6.07) is -7.60. The predicted octanol–water partition coefficient (Wildman–Crippen LogP) is -0.829. The van der Waals surface area contributed by atoms with Crippen LogP contribution in [0.1, 0.15) is 115 Å². The van der Waals surface area contributed by atoms with Crippen LogP contribution in [0.25, 0.3) is 0 Å². The fraction of sp³-hybridized carbons (Fsp3) is 0.780. The molecule has 0 aromatic rings. The van der Waals surface area contributed by atoms with E-state index in [4.69, 9.17) is 5.73 Å². The molecule has 0 aromatic heterocycles. The zero-order valence-electron chi connectivity index (χ0n) is 38.1. The lowest BCUT2D eigenvalue weighted by Gasteiger charge is -2.29. The summed E-state index contributed by atoms with van der Waals surface area (Å²) in [5.74, 6) is -7.86. The van der Waals surface area contributed by atoms with Crippen LogP contribution in [0.2, 0.25) is 0 Å². The molecule has 0 saturated heterocycles. The van der Waals surface area contributed by atoms with E-state index in [-0.39, 0.29) is 30.6 Å². The Morgan fingerprint density at radius 1 is 0.508 bits per heavy atom. The van der Waals surface area contributed by atoms with Crippen LogP contribution in [0.4, 0.5) is 0 Å². The molecule has 8 amide bonds. The number of hydrogen-bond donors (Lipinski definition) is 11. The van der Waals surface area contributed by atoms with Crippen molar-refractivity contribution in [1.82, 2.24) is 42.5 Å². The second kappa shape index (κ2) is 27.9. The van der Waals surface area contributed by atoms with Gasteiger partial charge in [0, 0.05) is 12.5 Å². The van der Waals surface area contributed by atoms with E-state index in [9.17, 15) is 53.4 Å². The molecule has 0 aliphatic rings. The summed E-state index contributed by atoms with van der Waals surface area (Å²) in [5.41, 5.74) is 5.63. The Kier molecular flexibility index (Phi) is 25.7. The van der Waals surface area contributed by atoms with E-state index < -0.39 is 127 Å². The Bertz CT molecular complexity index is 1490. The highest BCUT2D eigenvalue weighted by atomic mass is 16.4. The number of carbonyl (C=O) groups is 9. The average molecular weight is 870 g/mol. The van der Waals surface area contributed by atoms with Gasteiger partial charge in [-0.1, -0.05) is 82.1 Å². The van der Waals surface area contributed by atoms with Crippen LogP contribution in [-0.4, -0.2) is 125 Å². The molecular weight excluding hydrogens is 795 g/mol. The van der Waals surface area contributed by atoms with Crippen molar-refractivity contribution < 1.29 is 53.4 Å². The van der Waals surface area contributed by atoms with Crippen molar-refractivity contribution in [3.63, 3.8) is 0 Å². The SMILES string of the molecule is CC[C@H](C)[C@H](NC(=O)CNC(=O)C[C@@H](NC(=O)CNC(=O)[C@H](CC(C)C)NC(=O)[C@H](C)N)[C@@H](C)CC)C(=O)N[C@@H](CC(C)C)C(=O)N[C@H](C(=O)N[C@H](C(=O)O)C(C)C)[C@@H](C)O. The Morgan fingerprint density at radius 3 is 1.43 bits per heavy atom. The molecule has 0 fully saturated rings. The smallest absolute Gasteiger partial charge is 0.326 e. The number of carboxylic acid groups (broad SMARTS) is 1. The van der Waals surface area contributed by atoms with Crippen molar-refractivity contribution in [2.75, 3.05) is 13.1 Å². The van der Waals surface area contributed by atoms with Gasteiger partial charge in [-0.3, -0.25) is 38.4 Å². The van der Waals surface area contributed by atoms with Gasteiger partial charge >= 0.3 is 5.97 Å². The highest BCUT2D eigenvalue weighted by Crippen LogP contribution is 2.14. The summed E-state index contributed by atoms with van der Waals surface area (Å²) in [7, 11) is 0. The fourth-order valence-corrected chi connectivity index (χ4v) is 5.99. The molecule has 0 heterocycles. The lowest BCUT2D eigenvalue weighted by Crippen LogP contribution is -2.61. The van der Waals surface area contributed by atoms with E-state index >= 15 is 0 Å². The van der Waals surface area contributed by atoms with Gasteiger partial charge < -0.3 is 58.5 Å². The van der Waals surface area contributed by atoms with Crippen LogP contribution in [0, 0.1) is 29.6 Å². The Morgan fingerprint density at radius 2 is 0.967 bits per heavy atom. The summed E-state index contributed by atoms with van der Waals surface area (Å²) in [6.45, 7) is 19.5. The van der Waals surface area contributed by atoms with Crippen LogP contribution in [0.3, 0.4) is 0 Å². The molecule has 0 saturated carbocycles. The van der Waals surface area contributed by atoms with E-state index in [1.54, 1.807) is 41.5 Å². The number of carboxylic acids is 1. The third-order valence-electron chi connectivity index (χ3n) is 10.2. The van der Waals surface area contributed by atoms with Crippen molar-refractivity contribution in [3.05, 3.63) is 0 Å². The van der Waals surface area contributed by atoms with Gasteiger partial charge in [-0.05, 0) is 56.3 Å². The Hall–Kier alpha value is -4.85. The highest BCUT2D eigenvalue weighted by Gasteiger charge is 2.35. The third-order valence-corrected chi connectivity index (χ3v) is 10.2. The summed E-state index contributed by atoms with van der Waals surface area (Å²) in [6.07, 6.45) is -0.182. The minimum atomic E-state index is -1.55. The maximum Gasteiger partial charge on any atom is 0.326 e. The average Bonchev–Trinajstić information content (AvgIpc) is 3.16. The lowest BCUT2D eigenvalue weighted by atomic mass is 9.95. The number of rotatable bonds is 28. The Balaban J connectivity index is 5.72. The molecule has 0 aliphatic heterocycles. The monoisotopic (exact) mass is 870 g/mol. The molecule has 0 aromatic carbocycles. The second-order valence-corrected chi connectivity index (χ2v) is 17.2. The zero-order chi connectivity index (χ0) is 47.3. The van der Waals surface area contributed by atoms with Gasteiger partial charge in [0.25, 0.3) is 0 Å². The molecule has 20 nitrogen and oxygen atoms in total. The number of nitrogens with two attached hydrogens (primary N) is 1.